The Bertz CT molecular complexity index is 716. The lowest BCUT2D eigenvalue weighted by Gasteiger charge is -2.07. The average molecular weight is 349 g/mol. The van der Waals surface area contributed by atoms with Crippen molar-refractivity contribution in [3.63, 3.8) is 0 Å². The normalized spacial score (nSPS) is 11.0. The van der Waals surface area contributed by atoms with Crippen LogP contribution in [0.3, 0.4) is 0 Å². The third-order valence-electron chi connectivity index (χ3n) is 2.58. The Kier molecular flexibility index (Phi) is 6.03. The SMILES string of the molecule is CNS(=O)(=O)c1cc(C(=O)CCC(=O)OC(N)=O)ccc1Cl. The molecule has 0 radical (unpaired) electrons. The van der Waals surface area contributed by atoms with E-state index in [0.29, 0.717) is 0 Å². The molecule has 1 amide bonds. The second-order valence-electron chi connectivity index (χ2n) is 4.07. The zero-order chi connectivity index (χ0) is 16.9. The highest BCUT2D eigenvalue weighted by atomic mass is 35.5. The first-order valence-electron chi connectivity index (χ1n) is 5.94. The number of amides is 1. The van der Waals surface area contributed by atoms with E-state index in [1.165, 1.54) is 19.2 Å². The number of sulfonamides is 1. The molecular formula is C12H13ClN2O6S. The molecule has 3 N–H and O–H groups in total. The highest BCUT2D eigenvalue weighted by molar-refractivity contribution is 7.89. The van der Waals surface area contributed by atoms with E-state index in [0.717, 1.165) is 6.07 Å². The Morgan fingerprint density at radius 1 is 1.27 bits per heavy atom. The van der Waals surface area contributed by atoms with Crippen molar-refractivity contribution in [1.29, 1.82) is 0 Å². The third-order valence-corrected chi connectivity index (χ3v) is 4.48. The van der Waals surface area contributed by atoms with Crippen LogP contribution in [0.25, 0.3) is 0 Å². The van der Waals surface area contributed by atoms with Gasteiger partial charge in [0.05, 0.1) is 11.4 Å². The van der Waals surface area contributed by atoms with Crippen molar-refractivity contribution >= 4 is 39.5 Å². The number of benzene rings is 1. The summed E-state index contributed by atoms with van der Waals surface area (Å²) in [6, 6.07) is 3.70. The highest BCUT2D eigenvalue weighted by Crippen LogP contribution is 2.23. The first-order chi connectivity index (χ1) is 10.2. The second-order valence-corrected chi connectivity index (χ2v) is 6.33. The molecule has 0 heterocycles. The number of ether oxygens (including phenoxy) is 1. The molecule has 0 unspecified atom stereocenters. The maximum Gasteiger partial charge on any atom is 0.412 e. The van der Waals surface area contributed by atoms with Crippen LogP contribution in [0, 0.1) is 0 Å². The molecule has 22 heavy (non-hydrogen) atoms. The summed E-state index contributed by atoms with van der Waals surface area (Å²) in [5.74, 6) is -1.46. The highest BCUT2D eigenvalue weighted by Gasteiger charge is 2.19. The molecule has 0 aliphatic heterocycles. The van der Waals surface area contributed by atoms with E-state index >= 15 is 0 Å². The maximum absolute atomic E-state index is 11.9. The third kappa shape index (κ3) is 4.79. The average Bonchev–Trinajstić information content (AvgIpc) is 2.44. The number of esters is 1. The zero-order valence-corrected chi connectivity index (χ0v) is 13.0. The minimum Gasteiger partial charge on any atom is -0.376 e. The van der Waals surface area contributed by atoms with Crippen LogP contribution in [-0.4, -0.2) is 33.3 Å². The van der Waals surface area contributed by atoms with Gasteiger partial charge in [-0.05, 0) is 25.2 Å². The summed E-state index contributed by atoms with van der Waals surface area (Å²) < 4.78 is 29.7. The molecule has 0 bridgehead atoms. The quantitative estimate of drug-likeness (QED) is 0.444. The van der Waals surface area contributed by atoms with Crippen molar-refractivity contribution in [2.45, 2.75) is 17.7 Å². The smallest absolute Gasteiger partial charge is 0.376 e. The predicted molar refractivity (Wildman–Crippen MR) is 76.9 cm³/mol. The van der Waals surface area contributed by atoms with Gasteiger partial charge in [0.1, 0.15) is 4.90 Å². The van der Waals surface area contributed by atoms with Crippen LogP contribution in [0.15, 0.2) is 23.1 Å². The van der Waals surface area contributed by atoms with E-state index in [2.05, 4.69) is 15.2 Å². The van der Waals surface area contributed by atoms with Crippen molar-refractivity contribution in [3.05, 3.63) is 28.8 Å². The van der Waals surface area contributed by atoms with Crippen LogP contribution < -0.4 is 10.5 Å². The first kappa shape index (κ1) is 18.1. The van der Waals surface area contributed by atoms with Crippen LogP contribution >= 0.6 is 11.6 Å². The molecule has 0 saturated carbocycles. The minimum absolute atomic E-state index is 0.0426. The number of primary amides is 1. The molecule has 0 aliphatic rings. The van der Waals surface area contributed by atoms with E-state index in [4.69, 9.17) is 11.6 Å². The van der Waals surface area contributed by atoms with Crippen molar-refractivity contribution in [2.24, 2.45) is 5.73 Å². The fourth-order valence-corrected chi connectivity index (χ4v) is 2.76. The Morgan fingerprint density at radius 2 is 1.91 bits per heavy atom. The molecule has 0 spiro atoms. The van der Waals surface area contributed by atoms with Gasteiger partial charge in [0.15, 0.2) is 5.78 Å². The van der Waals surface area contributed by atoms with Crippen molar-refractivity contribution < 1.29 is 27.5 Å². The van der Waals surface area contributed by atoms with E-state index < -0.39 is 27.9 Å². The van der Waals surface area contributed by atoms with E-state index in [-0.39, 0.29) is 28.3 Å². The molecule has 0 fully saturated rings. The van der Waals surface area contributed by atoms with Gasteiger partial charge in [0, 0.05) is 12.0 Å². The molecule has 0 atom stereocenters. The number of Topliss-reactive ketones (excluding diaryl/α,β-unsaturated/α-hetero) is 1. The van der Waals surface area contributed by atoms with Gasteiger partial charge >= 0.3 is 12.1 Å². The molecule has 0 aromatic heterocycles. The Balaban J connectivity index is 2.90. The molecule has 0 aliphatic carbocycles. The lowest BCUT2D eigenvalue weighted by atomic mass is 10.1. The first-order valence-corrected chi connectivity index (χ1v) is 7.80. The van der Waals surface area contributed by atoms with Gasteiger partial charge in [-0.3, -0.25) is 9.59 Å². The van der Waals surface area contributed by atoms with Crippen LogP contribution in [0.5, 0.6) is 0 Å². The van der Waals surface area contributed by atoms with Crippen LogP contribution in [0.1, 0.15) is 23.2 Å². The van der Waals surface area contributed by atoms with Crippen molar-refractivity contribution in [2.75, 3.05) is 7.05 Å². The van der Waals surface area contributed by atoms with Gasteiger partial charge in [-0.2, -0.15) is 0 Å². The number of halogens is 1. The largest absolute Gasteiger partial charge is 0.412 e. The van der Waals surface area contributed by atoms with Gasteiger partial charge in [0.25, 0.3) is 0 Å². The van der Waals surface area contributed by atoms with Crippen LogP contribution in [-0.2, 0) is 19.6 Å². The Labute approximate surface area is 131 Å². The lowest BCUT2D eigenvalue weighted by Crippen LogP contribution is -2.20. The van der Waals surface area contributed by atoms with Gasteiger partial charge in [-0.25, -0.2) is 17.9 Å². The van der Waals surface area contributed by atoms with Crippen molar-refractivity contribution in [1.82, 2.24) is 4.72 Å². The second kappa shape index (κ2) is 7.34. The number of hydrogen-bond acceptors (Lipinski definition) is 6. The summed E-state index contributed by atoms with van der Waals surface area (Å²) >= 11 is 5.79. The molecule has 8 nitrogen and oxygen atoms in total. The molecule has 1 aromatic rings. The zero-order valence-electron chi connectivity index (χ0n) is 11.5. The van der Waals surface area contributed by atoms with Crippen LogP contribution in [0.4, 0.5) is 4.79 Å². The number of nitrogens with one attached hydrogen (secondary N) is 1. The summed E-state index contributed by atoms with van der Waals surface area (Å²) in [5, 5.41) is -0.0426. The number of carbonyl (C=O) groups is 3. The molecular weight excluding hydrogens is 336 g/mol. The van der Waals surface area contributed by atoms with E-state index in [1.807, 2.05) is 0 Å². The fourth-order valence-electron chi connectivity index (χ4n) is 1.52. The summed E-state index contributed by atoms with van der Waals surface area (Å²) in [6.07, 6.45) is -1.89. The van der Waals surface area contributed by atoms with Gasteiger partial charge in [-0.15, -0.1) is 0 Å². The fraction of sp³-hybridized carbons (Fsp3) is 0.250. The van der Waals surface area contributed by atoms with Gasteiger partial charge < -0.3 is 10.5 Å². The molecule has 0 saturated heterocycles. The molecule has 1 rings (SSSR count). The maximum atomic E-state index is 11.9. The summed E-state index contributed by atoms with van der Waals surface area (Å²) in [7, 11) is -2.61. The van der Waals surface area contributed by atoms with E-state index in [9.17, 15) is 22.8 Å². The monoisotopic (exact) mass is 348 g/mol. The minimum atomic E-state index is -3.82. The number of ketones is 1. The predicted octanol–water partition coefficient (Wildman–Crippen LogP) is 0.833. The van der Waals surface area contributed by atoms with Gasteiger partial charge in [0.2, 0.25) is 10.0 Å². The number of rotatable bonds is 6. The Hall–Kier alpha value is -1.97. The number of hydrogen-bond donors (Lipinski definition) is 2. The van der Waals surface area contributed by atoms with E-state index in [1.54, 1.807) is 0 Å². The van der Waals surface area contributed by atoms with Gasteiger partial charge in [-0.1, -0.05) is 11.6 Å². The molecule has 10 heteroatoms. The topological polar surface area (TPSA) is 133 Å². The Morgan fingerprint density at radius 3 is 2.45 bits per heavy atom. The standard InChI is InChI=1S/C12H13ClN2O6S/c1-15-22(19,20)10-6-7(2-3-8(10)13)9(16)4-5-11(17)21-12(14)18/h2-3,6,15H,4-5H2,1H3,(H2,14,18). The van der Waals surface area contributed by atoms with Crippen LogP contribution in [0.2, 0.25) is 5.02 Å². The number of nitrogens with two attached hydrogens (primary N) is 1. The molecule has 120 valence electrons. The summed E-state index contributed by atoms with van der Waals surface area (Å²) in [4.78, 5) is 33.2. The lowest BCUT2D eigenvalue weighted by molar-refractivity contribution is -0.137. The number of carbonyl (C=O) groups excluding carboxylic acids is 3. The van der Waals surface area contributed by atoms with Crippen molar-refractivity contribution in [3.8, 4) is 0 Å². The summed E-state index contributed by atoms with van der Waals surface area (Å²) in [6.45, 7) is 0. The summed E-state index contributed by atoms with van der Waals surface area (Å²) in [5.41, 5.74) is 4.72. The molecule has 1 aromatic carbocycles.